The van der Waals surface area contributed by atoms with Gasteiger partial charge in [0.05, 0.1) is 0 Å². The van der Waals surface area contributed by atoms with Crippen LogP contribution in [0.3, 0.4) is 0 Å². The van der Waals surface area contributed by atoms with Crippen molar-refractivity contribution in [2.24, 2.45) is 0 Å². The lowest BCUT2D eigenvalue weighted by molar-refractivity contribution is -0.139. The maximum atomic E-state index is 10.7. The van der Waals surface area contributed by atoms with Crippen molar-refractivity contribution in [2.45, 2.75) is 18.9 Å². The van der Waals surface area contributed by atoms with Crippen LogP contribution in [0.2, 0.25) is 0 Å². The fourth-order valence-electron chi connectivity index (χ4n) is 1.48. The van der Waals surface area contributed by atoms with Crippen LogP contribution in [-0.2, 0) is 4.79 Å². The van der Waals surface area contributed by atoms with Crippen LogP contribution in [0.25, 0.3) is 0 Å². The first-order chi connectivity index (χ1) is 6.38. The van der Waals surface area contributed by atoms with E-state index in [-0.39, 0.29) is 0 Å². The highest BCUT2D eigenvalue weighted by molar-refractivity contribution is 7.67. The molecular weight excluding hydrogens is 205 g/mol. The zero-order valence-electron chi connectivity index (χ0n) is 7.97. The van der Waals surface area contributed by atoms with Crippen molar-refractivity contribution in [3.05, 3.63) is 11.4 Å². The SMILES string of the molecule is C[P+](O)(O)/C=C1\CCNC(C(=O)O)C1. The number of aliphatic carboxylic acids is 1. The van der Waals surface area contributed by atoms with E-state index in [2.05, 4.69) is 5.32 Å². The molecule has 0 bridgehead atoms. The van der Waals surface area contributed by atoms with Crippen molar-refractivity contribution in [1.82, 2.24) is 5.32 Å². The van der Waals surface area contributed by atoms with Crippen LogP contribution in [0.5, 0.6) is 0 Å². The fourth-order valence-corrected chi connectivity index (χ4v) is 2.41. The highest BCUT2D eigenvalue weighted by Crippen LogP contribution is 2.48. The van der Waals surface area contributed by atoms with Crippen LogP contribution < -0.4 is 5.32 Å². The second kappa shape index (κ2) is 4.36. The highest BCUT2D eigenvalue weighted by Gasteiger charge is 2.28. The summed E-state index contributed by atoms with van der Waals surface area (Å²) < 4.78 is 0. The molecule has 1 rings (SSSR count). The number of piperidine rings is 1. The molecule has 0 aromatic carbocycles. The van der Waals surface area contributed by atoms with E-state index >= 15 is 0 Å². The van der Waals surface area contributed by atoms with E-state index in [1.807, 2.05) is 0 Å². The molecular formula is C8H15NO4P+. The summed E-state index contributed by atoms with van der Waals surface area (Å²) in [4.78, 5) is 29.1. The summed E-state index contributed by atoms with van der Waals surface area (Å²) in [5, 5.41) is 11.6. The molecule has 1 saturated heterocycles. The van der Waals surface area contributed by atoms with Crippen LogP contribution in [0.15, 0.2) is 11.4 Å². The van der Waals surface area contributed by atoms with E-state index in [0.717, 1.165) is 5.57 Å². The Morgan fingerprint density at radius 2 is 2.29 bits per heavy atom. The van der Waals surface area contributed by atoms with Crippen molar-refractivity contribution in [3.8, 4) is 0 Å². The topological polar surface area (TPSA) is 89.8 Å². The summed E-state index contributed by atoms with van der Waals surface area (Å²) in [6, 6.07) is -0.596. The van der Waals surface area contributed by atoms with E-state index in [9.17, 15) is 14.6 Å². The molecule has 1 aliphatic heterocycles. The lowest BCUT2D eigenvalue weighted by Crippen LogP contribution is -2.41. The Kier molecular flexibility index (Phi) is 3.61. The lowest BCUT2D eigenvalue weighted by Gasteiger charge is -2.21. The normalized spacial score (nSPS) is 26.5. The molecule has 0 aromatic rings. The predicted molar refractivity (Wildman–Crippen MR) is 54.0 cm³/mol. The average Bonchev–Trinajstić information content (AvgIpc) is 2.01. The van der Waals surface area contributed by atoms with Crippen LogP contribution in [0.1, 0.15) is 12.8 Å². The number of carbonyl (C=O) groups is 1. The largest absolute Gasteiger partial charge is 0.480 e. The molecule has 1 fully saturated rings. The summed E-state index contributed by atoms with van der Waals surface area (Å²) in [6.45, 7) is 1.93. The van der Waals surface area contributed by atoms with E-state index < -0.39 is 19.7 Å². The maximum Gasteiger partial charge on any atom is 0.321 e. The number of hydrogen-bond acceptors (Lipinski definition) is 4. The summed E-state index contributed by atoms with van der Waals surface area (Å²) in [6.07, 6.45) is 1.03. The molecule has 4 N–H and O–H groups in total. The van der Waals surface area contributed by atoms with Gasteiger partial charge >= 0.3 is 5.97 Å². The van der Waals surface area contributed by atoms with Gasteiger partial charge in [0.25, 0.3) is 7.72 Å². The fraction of sp³-hybridized carbons (Fsp3) is 0.625. The van der Waals surface area contributed by atoms with Crippen LogP contribution in [0.4, 0.5) is 0 Å². The first kappa shape index (κ1) is 11.6. The molecule has 0 saturated carbocycles. The van der Waals surface area contributed by atoms with Crippen LogP contribution >= 0.6 is 7.72 Å². The first-order valence-electron chi connectivity index (χ1n) is 4.37. The van der Waals surface area contributed by atoms with Crippen molar-refractivity contribution in [3.63, 3.8) is 0 Å². The second-order valence-electron chi connectivity index (χ2n) is 3.57. The molecule has 1 unspecified atom stereocenters. The zero-order chi connectivity index (χ0) is 10.8. The molecule has 0 aliphatic carbocycles. The van der Waals surface area contributed by atoms with Crippen molar-refractivity contribution >= 4 is 13.7 Å². The number of hydrogen-bond donors (Lipinski definition) is 4. The Balaban J connectivity index is 2.65. The second-order valence-corrected chi connectivity index (χ2v) is 5.78. The van der Waals surface area contributed by atoms with Crippen LogP contribution in [-0.4, -0.2) is 40.1 Å². The standard InChI is InChI=1S/C8H14NO4P/c1-14(12,13)5-6-2-3-9-7(4-6)8(10)11/h5,7,9,12-13H,2-4H2,1H3/p+1/b6-5+. The predicted octanol–water partition coefficient (Wildman–Crippen LogP) is 0.169. The number of rotatable bonds is 2. The third-order valence-electron chi connectivity index (χ3n) is 2.03. The molecule has 1 atom stereocenters. The summed E-state index contributed by atoms with van der Waals surface area (Å²) >= 11 is 0. The first-order valence-corrected chi connectivity index (χ1v) is 6.58. The van der Waals surface area contributed by atoms with E-state index in [4.69, 9.17) is 5.11 Å². The maximum absolute atomic E-state index is 10.7. The highest BCUT2D eigenvalue weighted by atomic mass is 31.2. The summed E-state index contributed by atoms with van der Waals surface area (Å²) in [5.41, 5.74) is 0.817. The van der Waals surface area contributed by atoms with Gasteiger partial charge in [0.15, 0.2) is 0 Å². The molecule has 0 spiro atoms. The van der Waals surface area contributed by atoms with E-state index in [1.54, 1.807) is 0 Å². The van der Waals surface area contributed by atoms with Gasteiger partial charge in [-0.2, -0.15) is 0 Å². The van der Waals surface area contributed by atoms with Gasteiger partial charge in [-0.15, -0.1) is 0 Å². The van der Waals surface area contributed by atoms with E-state index in [1.165, 1.54) is 12.5 Å². The minimum absolute atomic E-state index is 0.353. The van der Waals surface area contributed by atoms with Gasteiger partial charge in [-0.3, -0.25) is 4.79 Å². The van der Waals surface area contributed by atoms with Gasteiger partial charge < -0.3 is 10.4 Å². The monoisotopic (exact) mass is 220 g/mol. The molecule has 6 heteroatoms. The number of nitrogens with one attached hydrogen (secondary N) is 1. The number of carboxylic acids is 1. The minimum atomic E-state index is -2.92. The Bertz CT molecular complexity index is 259. The smallest absolute Gasteiger partial charge is 0.321 e. The summed E-state index contributed by atoms with van der Waals surface area (Å²) in [5.74, 6) is 0.524. The molecule has 0 radical (unpaired) electrons. The molecule has 14 heavy (non-hydrogen) atoms. The Morgan fingerprint density at radius 3 is 2.79 bits per heavy atom. The summed E-state index contributed by atoms with van der Waals surface area (Å²) in [7, 11) is -2.92. The molecule has 1 aliphatic rings. The minimum Gasteiger partial charge on any atom is -0.480 e. The molecule has 80 valence electrons. The molecule has 0 aromatic heterocycles. The van der Waals surface area contributed by atoms with Gasteiger partial charge in [-0.25, -0.2) is 9.79 Å². The lowest BCUT2D eigenvalue weighted by atomic mass is 10.0. The van der Waals surface area contributed by atoms with Gasteiger partial charge in [0.1, 0.15) is 18.5 Å². The van der Waals surface area contributed by atoms with Gasteiger partial charge in [0.2, 0.25) is 0 Å². The van der Waals surface area contributed by atoms with Crippen LogP contribution in [0, 0.1) is 0 Å². The molecule has 0 amide bonds. The quantitative estimate of drug-likeness (QED) is 0.498. The van der Waals surface area contributed by atoms with Gasteiger partial charge in [-0.05, 0) is 25.0 Å². The van der Waals surface area contributed by atoms with Crippen molar-refractivity contribution < 1.29 is 19.7 Å². The zero-order valence-corrected chi connectivity index (χ0v) is 8.87. The Hall–Kier alpha value is -0.480. The Labute approximate surface area is 83.0 Å². The Morgan fingerprint density at radius 1 is 1.64 bits per heavy atom. The molecule has 5 nitrogen and oxygen atoms in total. The van der Waals surface area contributed by atoms with Crippen molar-refractivity contribution in [1.29, 1.82) is 0 Å². The van der Waals surface area contributed by atoms with E-state index in [0.29, 0.717) is 19.4 Å². The number of carboxylic acid groups (broad SMARTS) is 1. The third kappa shape index (κ3) is 3.72. The third-order valence-corrected chi connectivity index (χ3v) is 2.88. The molecule has 1 heterocycles. The average molecular weight is 220 g/mol. The van der Waals surface area contributed by atoms with Gasteiger partial charge in [-0.1, -0.05) is 0 Å². The van der Waals surface area contributed by atoms with Gasteiger partial charge in [0, 0.05) is 0 Å². The van der Waals surface area contributed by atoms with Crippen molar-refractivity contribution in [2.75, 3.05) is 13.2 Å².